The molecule has 152 valence electrons. The van der Waals surface area contributed by atoms with Crippen molar-refractivity contribution in [1.29, 1.82) is 0 Å². The standard InChI is InChI=1S/C21H18F3NO4/c1-4-18(26)25(15-7-5-6-14(11-15)21(22,23)24)12-13-10-17(27-2)20-16(8-9-29-20)19(13)28-3/h4-11H,1,12H2,2-3H3. The Morgan fingerprint density at radius 3 is 2.59 bits per heavy atom. The van der Waals surface area contributed by atoms with E-state index in [-0.39, 0.29) is 12.2 Å². The van der Waals surface area contributed by atoms with Crippen LogP contribution in [0.3, 0.4) is 0 Å². The number of halogens is 3. The molecule has 0 spiro atoms. The minimum atomic E-state index is -4.53. The highest BCUT2D eigenvalue weighted by molar-refractivity contribution is 6.01. The van der Waals surface area contributed by atoms with Gasteiger partial charge < -0.3 is 18.8 Å². The van der Waals surface area contributed by atoms with Gasteiger partial charge in [0.15, 0.2) is 11.3 Å². The molecule has 1 heterocycles. The van der Waals surface area contributed by atoms with Gasteiger partial charge in [0, 0.05) is 11.3 Å². The number of fused-ring (bicyclic) bond motifs is 1. The van der Waals surface area contributed by atoms with E-state index in [1.54, 1.807) is 12.1 Å². The molecule has 0 aliphatic heterocycles. The molecule has 1 aromatic heterocycles. The molecule has 0 saturated heterocycles. The molecule has 5 nitrogen and oxygen atoms in total. The lowest BCUT2D eigenvalue weighted by Crippen LogP contribution is -2.29. The van der Waals surface area contributed by atoms with Gasteiger partial charge in [0.25, 0.3) is 5.91 Å². The number of hydrogen-bond acceptors (Lipinski definition) is 4. The van der Waals surface area contributed by atoms with Crippen molar-refractivity contribution in [3.05, 3.63) is 66.4 Å². The monoisotopic (exact) mass is 405 g/mol. The second-order valence-electron chi connectivity index (χ2n) is 6.11. The van der Waals surface area contributed by atoms with E-state index >= 15 is 0 Å². The molecule has 0 saturated carbocycles. The summed E-state index contributed by atoms with van der Waals surface area (Å²) in [5, 5.41) is 0.622. The third-order valence-corrected chi connectivity index (χ3v) is 4.41. The van der Waals surface area contributed by atoms with E-state index in [9.17, 15) is 18.0 Å². The van der Waals surface area contributed by atoms with Crippen LogP contribution in [0.5, 0.6) is 11.5 Å². The number of carbonyl (C=O) groups is 1. The third-order valence-electron chi connectivity index (χ3n) is 4.41. The summed E-state index contributed by atoms with van der Waals surface area (Å²) in [6.45, 7) is 3.39. The summed E-state index contributed by atoms with van der Waals surface area (Å²) in [4.78, 5) is 13.7. The number of hydrogen-bond donors (Lipinski definition) is 0. The molecule has 0 aliphatic rings. The van der Waals surface area contributed by atoms with E-state index in [0.717, 1.165) is 18.2 Å². The zero-order chi connectivity index (χ0) is 21.2. The fourth-order valence-electron chi connectivity index (χ4n) is 3.08. The number of furan rings is 1. The first-order valence-corrected chi connectivity index (χ1v) is 8.52. The van der Waals surface area contributed by atoms with Crippen LogP contribution < -0.4 is 14.4 Å². The van der Waals surface area contributed by atoms with E-state index in [1.807, 2.05) is 0 Å². The zero-order valence-electron chi connectivity index (χ0n) is 15.7. The lowest BCUT2D eigenvalue weighted by molar-refractivity contribution is -0.137. The van der Waals surface area contributed by atoms with Crippen molar-refractivity contribution in [3.63, 3.8) is 0 Å². The van der Waals surface area contributed by atoms with Crippen molar-refractivity contribution in [2.75, 3.05) is 19.1 Å². The van der Waals surface area contributed by atoms with Crippen molar-refractivity contribution in [2.24, 2.45) is 0 Å². The molecule has 1 amide bonds. The van der Waals surface area contributed by atoms with Crippen molar-refractivity contribution in [3.8, 4) is 11.5 Å². The molecule has 0 aliphatic carbocycles. The Bertz CT molecular complexity index is 1060. The number of methoxy groups -OCH3 is 2. The molecule has 2 aromatic carbocycles. The molecular weight excluding hydrogens is 387 g/mol. The molecule has 0 unspecified atom stereocenters. The number of rotatable bonds is 6. The van der Waals surface area contributed by atoms with Gasteiger partial charge in [0.2, 0.25) is 0 Å². The van der Waals surface area contributed by atoms with Gasteiger partial charge in [-0.05, 0) is 36.4 Å². The molecule has 3 aromatic rings. The molecule has 29 heavy (non-hydrogen) atoms. The number of nitrogens with zero attached hydrogens (tertiary/aromatic N) is 1. The van der Waals surface area contributed by atoms with Crippen LogP contribution >= 0.6 is 0 Å². The Morgan fingerprint density at radius 2 is 1.97 bits per heavy atom. The average Bonchev–Trinajstić information content (AvgIpc) is 3.19. The van der Waals surface area contributed by atoms with Gasteiger partial charge in [-0.2, -0.15) is 13.2 Å². The normalized spacial score (nSPS) is 11.3. The molecule has 0 fully saturated rings. The quantitative estimate of drug-likeness (QED) is 0.530. The number of amides is 1. The Morgan fingerprint density at radius 1 is 1.21 bits per heavy atom. The molecule has 0 bridgehead atoms. The van der Waals surface area contributed by atoms with E-state index in [1.165, 1.54) is 37.5 Å². The number of anilines is 1. The summed E-state index contributed by atoms with van der Waals surface area (Å²) < 4.78 is 55.6. The predicted octanol–water partition coefficient (Wildman–Crippen LogP) is 5.19. The van der Waals surface area contributed by atoms with Crippen LogP contribution in [-0.4, -0.2) is 20.1 Å². The lowest BCUT2D eigenvalue weighted by Gasteiger charge is -2.24. The van der Waals surface area contributed by atoms with Gasteiger partial charge in [-0.25, -0.2) is 0 Å². The Hall–Kier alpha value is -3.42. The average molecular weight is 405 g/mol. The van der Waals surface area contributed by atoms with Crippen molar-refractivity contribution in [1.82, 2.24) is 0 Å². The van der Waals surface area contributed by atoms with Gasteiger partial charge in [0.05, 0.1) is 38.0 Å². The van der Waals surface area contributed by atoms with Crippen molar-refractivity contribution in [2.45, 2.75) is 12.7 Å². The number of benzene rings is 2. The van der Waals surface area contributed by atoms with Crippen molar-refractivity contribution < 1.29 is 31.9 Å². The molecule has 0 atom stereocenters. The van der Waals surface area contributed by atoms with Crippen LogP contribution in [-0.2, 0) is 17.5 Å². The van der Waals surface area contributed by atoms with Crippen LogP contribution in [0.4, 0.5) is 18.9 Å². The summed E-state index contributed by atoms with van der Waals surface area (Å²) in [5.41, 5.74) is 0.226. The summed E-state index contributed by atoms with van der Waals surface area (Å²) in [5.74, 6) is 0.289. The molecule has 0 radical (unpaired) electrons. The molecule has 0 N–H and O–H groups in total. The Balaban J connectivity index is 2.11. The van der Waals surface area contributed by atoms with Gasteiger partial charge in [0.1, 0.15) is 5.75 Å². The molecule has 8 heteroatoms. The lowest BCUT2D eigenvalue weighted by atomic mass is 10.1. The number of ether oxygens (including phenoxy) is 2. The highest BCUT2D eigenvalue weighted by atomic mass is 19.4. The third kappa shape index (κ3) is 3.91. The maximum atomic E-state index is 13.1. The van der Waals surface area contributed by atoms with Gasteiger partial charge in [-0.1, -0.05) is 12.6 Å². The largest absolute Gasteiger partial charge is 0.496 e. The molecule has 3 rings (SSSR count). The summed E-state index contributed by atoms with van der Waals surface area (Å²) in [7, 11) is 2.93. The van der Waals surface area contributed by atoms with Crippen LogP contribution in [0, 0.1) is 0 Å². The minimum Gasteiger partial charge on any atom is -0.496 e. The highest BCUT2D eigenvalue weighted by Crippen LogP contribution is 2.39. The summed E-state index contributed by atoms with van der Waals surface area (Å²) in [6, 6.07) is 7.85. The summed E-state index contributed by atoms with van der Waals surface area (Å²) in [6.07, 6.45) is -2.02. The predicted molar refractivity (Wildman–Crippen MR) is 102 cm³/mol. The fourth-order valence-corrected chi connectivity index (χ4v) is 3.08. The van der Waals surface area contributed by atoms with E-state index in [2.05, 4.69) is 6.58 Å². The fraction of sp³-hybridized carbons (Fsp3) is 0.190. The summed E-state index contributed by atoms with van der Waals surface area (Å²) >= 11 is 0. The maximum absolute atomic E-state index is 13.1. The second-order valence-corrected chi connectivity index (χ2v) is 6.11. The first kappa shape index (κ1) is 20.3. The first-order chi connectivity index (χ1) is 13.8. The topological polar surface area (TPSA) is 51.9 Å². The zero-order valence-corrected chi connectivity index (χ0v) is 15.7. The SMILES string of the molecule is C=CC(=O)N(Cc1cc(OC)c2occc2c1OC)c1cccc(C(F)(F)F)c1. The first-order valence-electron chi connectivity index (χ1n) is 8.52. The van der Waals surface area contributed by atoms with E-state index in [4.69, 9.17) is 13.9 Å². The second kappa shape index (κ2) is 7.90. The van der Waals surface area contributed by atoms with Gasteiger partial charge in [-0.3, -0.25) is 4.79 Å². The molecular formula is C21H18F3NO4. The van der Waals surface area contributed by atoms with Crippen molar-refractivity contribution >= 4 is 22.6 Å². The van der Waals surface area contributed by atoms with Gasteiger partial charge >= 0.3 is 6.18 Å². The minimum absolute atomic E-state index is 0.0627. The van der Waals surface area contributed by atoms with E-state index < -0.39 is 17.6 Å². The van der Waals surface area contributed by atoms with Crippen LogP contribution in [0.15, 0.2) is 59.7 Å². The van der Waals surface area contributed by atoms with Gasteiger partial charge in [-0.15, -0.1) is 0 Å². The van der Waals surface area contributed by atoms with Crippen LogP contribution in [0.2, 0.25) is 0 Å². The smallest absolute Gasteiger partial charge is 0.416 e. The van der Waals surface area contributed by atoms with Crippen LogP contribution in [0.25, 0.3) is 11.0 Å². The Labute approximate surface area is 164 Å². The highest BCUT2D eigenvalue weighted by Gasteiger charge is 2.31. The Kier molecular flexibility index (Phi) is 5.54. The number of alkyl halides is 3. The maximum Gasteiger partial charge on any atom is 0.416 e. The number of carbonyl (C=O) groups excluding carboxylic acids is 1. The van der Waals surface area contributed by atoms with E-state index in [0.29, 0.717) is 28.0 Å². The van der Waals surface area contributed by atoms with Crippen LogP contribution in [0.1, 0.15) is 11.1 Å².